The van der Waals surface area contributed by atoms with Crippen LogP contribution in [0.3, 0.4) is 0 Å². The Kier molecular flexibility index (Phi) is 3.99. The van der Waals surface area contributed by atoms with Crippen LogP contribution in [0.2, 0.25) is 0 Å². The van der Waals surface area contributed by atoms with Gasteiger partial charge >= 0.3 is 6.61 Å². The molecule has 0 fully saturated rings. The molecule has 0 aliphatic heterocycles. The first-order chi connectivity index (χ1) is 11.7. The van der Waals surface area contributed by atoms with Gasteiger partial charge in [0.1, 0.15) is 16.9 Å². The van der Waals surface area contributed by atoms with E-state index in [2.05, 4.69) is 9.46 Å². The highest BCUT2D eigenvalue weighted by Gasteiger charge is 2.22. The monoisotopic (exact) mass is 370 g/mol. The molecule has 3 N–H and O–H groups in total. The smallest absolute Gasteiger partial charge is 0.387 e. The Balaban J connectivity index is 2.32. The van der Waals surface area contributed by atoms with Crippen LogP contribution in [0.15, 0.2) is 34.7 Å². The Bertz CT molecular complexity index is 1090. The number of furan rings is 1. The van der Waals surface area contributed by atoms with Crippen LogP contribution < -0.4 is 15.2 Å². The van der Waals surface area contributed by atoms with Gasteiger partial charge in [0, 0.05) is 16.5 Å². The zero-order valence-corrected chi connectivity index (χ0v) is 13.6. The Labute approximate surface area is 140 Å². The summed E-state index contributed by atoms with van der Waals surface area (Å²) in [5.41, 5.74) is 5.82. The van der Waals surface area contributed by atoms with Gasteiger partial charge in [-0.1, -0.05) is 0 Å². The molecule has 0 atom stereocenters. The van der Waals surface area contributed by atoms with Crippen molar-refractivity contribution in [1.29, 1.82) is 0 Å². The summed E-state index contributed by atoms with van der Waals surface area (Å²) >= 11 is 0. The third-order valence-electron chi connectivity index (χ3n) is 3.36. The van der Waals surface area contributed by atoms with E-state index in [-0.39, 0.29) is 28.0 Å². The molecule has 1 aromatic heterocycles. The normalized spacial score (nSPS) is 12.0. The molecular formula is C15H12F2N2O5S. The van der Waals surface area contributed by atoms with Crippen molar-refractivity contribution >= 4 is 43.6 Å². The molecule has 3 rings (SSSR count). The molecule has 0 bridgehead atoms. The number of carbonyl (C=O) groups is 1. The van der Waals surface area contributed by atoms with Gasteiger partial charge in [-0.3, -0.25) is 9.52 Å². The maximum atomic E-state index is 12.6. The van der Waals surface area contributed by atoms with E-state index in [1.807, 2.05) is 0 Å². The fourth-order valence-electron chi connectivity index (χ4n) is 2.57. The van der Waals surface area contributed by atoms with Crippen molar-refractivity contribution in [1.82, 2.24) is 0 Å². The topological polar surface area (TPSA) is 112 Å². The highest BCUT2D eigenvalue weighted by atomic mass is 32.2. The molecule has 0 saturated heterocycles. The maximum absolute atomic E-state index is 12.6. The number of nitrogens with one attached hydrogen (secondary N) is 1. The van der Waals surface area contributed by atoms with Crippen molar-refractivity contribution in [3.8, 4) is 5.75 Å². The molecule has 7 nitrogen and oxygen atoms in total. The average Bonchev–Trinajstić information content (AvgIpc) is 2.82. The molecule has 10 heteroatoms. The zero-order chi connectivity index (χ0) is 18.4. The van der Waals surface area contributed by atoms with Crippen LogP contribution in [0.1, 0.15) is 10.4 Å². The number of fused-ring (bicyclic) bond motifs is 3. The number of anilines is 1. The Morgan fingerprint density at radius 1 is 1.24 bits per heavy atom. The quantitative estimate of drug-likeness (QED) is 0.717. The van der Waals surface area contributed by atoms with E-state index in [1.165, 1.54) is 24.3 Å². The molecule has 0 aliphatic carbocycles. The zero-order valence-electron chi connectivity index (χ0n) is 12.7. The molecule has 1 amide bonds. The second-order valence-electron chi connectivity index (χ2n) is 5.24. The minimum absolute atomic E-state index is 0.165. The first-order valence-electron chi connectivity index (χ1n) is 6.87. The van der Waals surface area contributed by atoms with E-state index in [9.17, 15) is 22.0 Å². The van der Waals surface area contributed by atoms with Crippen molar-refractivity contribution in [2.75, 3.05) is 11.0 Å². The summed E-state index contributed by atoms with van der Waals surface area (Å²) in [7, 11) is -3.53. The second kappa shape index (κ2) is 5.88. The number of nitrogens with two attached hydrogens (primary N) is 1. The third-order valence-corrected chi connectivity index (χ3v) is 3.97. The summed E-state index contributed by atoms with van der Waals surface area (Å²) in [6, 6.07) is 6.89. The van der Waals surface area contributed by atoms with E-state index in [1.54, 1.807) is 0 Å². The number of alkyl halides is 2. The van der Waals surface area contributed by atoms with Gasteiger partial charge in [-0.25, -0.2) is 8.42 Å². The number of amides is 1. The molecule has 2 aromatic carbocycles. The van der Waals surface area contributed by atoms with E-state index < -0.39 is 22.5 Å². The van der Waals surface area contributed by atoms with E-state index in [0.717, 1.165) is 12.3 Å². The first-order valence-corrected chi connectivity index (χ1v) is 8.76. The van der Waals surface area contributed by atoms with Crippen molar-refractivity contribution in [3.05, 3.63) is 35.9 Å². The fraction of sp³-hybridized carbons (Fsp3) is 0.133. The molecule has 25 heavy (non-hydrogen) atoms. The highest BCUT2D eigenvalue weighted by molar-refractivity contribution is 7.92. The number of primary amides is 1. The van der Waals surface area contributed by atoms with Crippen LogP contribution >= 0.6 is 0 Å². The van der Waals surface area contributed by atoms with Gasteiger partial charge in [-0.05, 0) is 30.3 Å². The minimum atomic E-state index is -3.53. The molecule has 1 heterocycles. The van der Waals surface area contributed by atoms with Crippen LogP contribution in [0.4, 0.5) is 14.5 Å². The molecule has 0 aliphatic rings. The highest BCUT2D eigenvalue weighted by Crippen LogP contribution is 2.37. The number of benzene rings is 2. The van der Waals surface area contributed by atoms with Crippen LogP contribution in [0, 0.1) is 0 Å². The molecule has 0 saturated carbocycles. The van der Waals surface area contributed by atoms with Crippen molar-refractivity contribution < 1.29 is 31.1 Å². The number of sulfonamides is 1. The fourth-order valence-corrected chi connectivity index (χ4v) is 3.12. The summed E-state index contributed by atoms with van der Waals surface area (Å²) in [6.07, 6.45) is 0.980. The lowest BCUT2D eigenvalue weighted by Crippen LogP contribution is -2.15. The second-order valence-corrected chi connectivity index (χ2v) is 6.99. The number of halogens is 2. The first kappa shape index (κ1) is 17.0. The lowest BCUT2D eigenvalue weighted by Gasteiger charge is -2.09. The Hall–Kier alpha value is -2.88. The van der Waals surface area contributed by atoms with Gasteiger partial charge < -0.3 is 14.9 Å². The number of ether oxygens (including phenoxy) is 1. The van der Waals surface area contributed by atoms with Gasteiger partial charge in [0.2, 0.25) is 10.0 Å². The van der Waals surface area contributed by atoms with Gasteiger partial charge in [0.15, 0.2) is 0 Å². The lowest BCUT2D eigenvalue weighted by molar-refractivity contribution is -0.0500. The summed E-state index contributed by atoms with van der Waals surface area (Å²) in [5, 5.41) is 0.495. The number of rotatable bonds is 5. The maximum Gasteiger partial charge on any atom is 0.387 e. The van der Waals surface area contributed by atoms with Crippen molar-refractivity contribution in [2.45, 2.75) is 6.61 Å². The van der Waals surface area contributed by atoms with Crippen molar-refractivity contribution in [3.63, 3.8) is 0 Å². The number of hydrogen-bond acceptors (Lipinski definition) is 5. The van der Waals surface area contributed by atoms with Crippen LogP contribution in [-0.2, 0) is 10.0 Å². The molecule has 0 unspecified atom stereocenters. The van der Waals surface area contributed by atoms with E-state index in [4.69, 9.17) is 10.2 Å². The summed E-state index contributed by atoms with van der Waals surface area (Å²) < 4.78 is 60.1. The Morgan fingerprint density at radius 2 is 1.92 bits per heavy atom. The van der Waals surface area contributed by atoms with Gasteiger partial charge in [0.05, 0.1) is 11.8 Å². The third kappa shape index (κ3) is 3.33. The molecule has 132 valence electrons. The summed E-state index contributed by atoms with van der Waals surface area (Å²) in [4.78, 5) is 11.8. The summed E-state index contributed by atoms with van der Waals surface area (Å²) in [6.45, 7) is -3.14. The van der Waals surface area contributed by atoms with Crippen LogP contribution in [-0.4, -0.2) is 27.2 Å². The predicted molar refractivity (Wildman–Crippen MR) is 87.3 cm³/mol. The molecule has 0 radical (unpaired) electrons. The minimum Gasteiger partial charge on any atom is -0.456 e. The van der Waals surface area contributed by atoms with Crippen LogP contribution in [0.25, 0.3) is 21.9 Å². The van der Waals surface area contributed by atoms with Gasteiger partial charge in [-0.2, -0.15) is 8.78 Å². The Morgan fingerprint density at radius 3 is 2.52 bits per heavy atom. The van der Waals surface area contributed by atoms with Crippen molar-refractivity contribution in [2.24, 2.45) is 5.73 Å². The van der Waals surface area contributed by atoms with E-state index in [0.29, 0.717) is 11.0 Å². The average molecular weight is 370 g/mol. The number of carbonyl (C=O) groups excluding carboxylic acids is 1. The SMILES string of the molecule is CS(=O)(=O)Nc1ccc2oc3ccc(OC(F)F)c(C(N)=O)c3c2c1. The van der Waals surface area contributed by atoms with Gasteiger partial charge in [-0.15, -0.1) is 0 Å². The standard InChI is InChI=1S/C15H12F2N2O5S/c1-25(21,22)19-7-2-3-9-8(6-7)12-10(23-9)4-5-11(24-15(16)17)13(12)14(18)20/h2-6,15,19H,1H3,(H2,18,20). The molecule has 0 spiro atoms. The number of hydrogen-bond donors (Lipinski definition) is 2. The summed E-state index contributed by atoms with van der Waals surface area (Å²) in [5.74, 6) is -1.37. The van der Waals surface area contributed by atoms with E-state index >= 15 is 0 Å². The predicted octanol–water partition coefficient (Wildman–Crippen LogP) is 2.66. The lowest BCUT2D eigenvalue weighted by atomic mass is 10.0. The largest absolute Gasteiger partial charge is 0.456 e. The molecular weight excluding hydrogens is 358 g/mol. The van der Waals surface area contributed by atoms with Crippen LogP contribution in [0.5, 0.6) is 5.75 Å². The van der Waals surface area contributed by atoms with Gasteiger partial charge in [0.25, 0.3) is 5.91 Å². The molecule has 3 aromatic rings.